The van der Waals surface area contributed by atoms with Crippen LogP contribution in [0.3, 0.4) is 0 Å². The van der Waals surface area contributed by atoms with Crippen LogP contribution in [0.15, 0.2) is 5.16 Å². The van der Waals surface area contributed by atoms with Gasteiger partial charge < -0.3 is 5.21 Å². The first-order valence-electron chi connectivity index (χ1n) is 3.32. The largest absolute Gasteiger partial charge is 0.410 e. The van der Waals surface area contributed by atoms with Gasteiger partial charge in [0, 0.05) is 14.1 Å². The number of barbiturate groups is 1. The van der Waals surface area contributed by atoms with Crippen molar-refractivity contribution in [1.82, 2.24) is 9.80 Å². The monoisotopic (exact) mass is 185 g/mol. The molecule has 1 fully saturated rings. The van der Waals surface area contributed by atoms with Crippen molar-refractivity contribution >= 4 is 23.6 Å². The van der Waals surface area contributed by atoms with Crippen LogP contribution < -0.4 is 0 Å². The average molecular weight is 185 g/mol. The summed E-state index contributed by atoms with van der Waals surface area (Å²) in [7, 11) is 2.39. The van der Waals surface area contributed by atoms with Gasteiger partial charge in [-0.05, 0) is 0 Å². The minimum absolute atomic E-state index is 0.662. The normalized spacial score (nSPS) is 18.3. The van der Waals surface area contributed by atoms with E-state index < -0.39 is 23.6 Å². The van der Waals surface area contributed by atoms with E-state index >= 15 is 0 Å². The van der Waals surface area contributed by atoms with Crippen LogP contribution in [0.1, 0.15) is 0 Å². The standard InChI is InChI=1S/C6H7N3O4/c1-8-4(10)3(7-13)5(11)9(2)6(8)12/h13H,1-2H3. The molecule has 7 nitrogen and oxygen atoms in total. The van der Waals surface area contributed by atoms with Gasteiger partial charge in [0.25, 0.3) is 11.8 Å². The summed E-state index contributed by atoms with van der Waals surface area (Å²) >= 11 is 0. The molecule has 1 heterocycles. The fraction of sp³-hybridized carbons (Fsp3) is 0.333. The molecular formula is C6H7N3O4. The maximum atomic E-state index is 11.1. The van der Waals surface area contributed by atoms with Crippen LogP contribution in [-0.2, 0) is 9.59 Å². The van der Waals surface area contributed by atoms with Crippen molar-refractivity contribution in [2.45, 2.75) is 0 Å². The molecule has 1 aliphatic heterocycles. The summed E-state index contributed by atoms with van der Waals surface area (Å²) in [6, 6.07) is -0.748. The zero-order valence-corrected chi connectivity index (χ0v) is 7.01. The molecule has 4 amide bonds. The quantitative estimate of drug-likeness (QED) is 0.381. The zero-order chi connectivity index (χ0) is 10.2. The van der Waals surface area contributed by atoms with Gasteiger partial charge >= 0.3 is 6.03 Å². The highest BCUT2D eigenvalue weighted by atomic mass is 16.4. The molecule has 7 heteroatoms. The Morgan fingerprint density at radius 2 is 1.46 bits per heavy atom. The summed E-state index contributed by atoms with van der Waals surface area (Å²) in [6.07, 6.45) is 0. The lowest BCUT2D eigenvalue weighted by molar-refractivity contribution is -0.129. The van der Waals surface area contributed by atoms with E-state index in [0.29, 0.717) is 9.80 Å². The molecule has 1 saturated heterocycles. The Kier molecular flexibility index (Phi) is 2.01. The number of carbonyl (C=O) groups is 3. The number of nitrogens with zero attached hydrogens (tertiary/aromatic N) is 3. The Morgan fingerprint density at radius 3 is 1.77 bits per heavy atom. The van der Waals surface area contributed by atoms with E-state index in [0.717, 1.165) is 0 Å². The fourth-order valence-electron chi connectivity index (χ4n) is 0.893. The molecule has 0 unspecified atom stereocenters. The molecule has 0 aliphatic carbocycles. The lowest BCUT2D eigenvalue weighted by Crippen LogP contribution is -2.57. The molecule has 0 radical (unpaired) electrons. The number of imide groups is 2. The number of hydrogen-bond acceptors (Lipinski definition) is 5. The van der Waals surface area contributed by atoms with E-state index in [9.17, 15) is 14.4 Å². The first-order valence-corrected chi connectivity index (χ1v) is 3.32. The summed E-state index contributed by atoms with van der Waals surface area (Å²) < 4.78 is 0. The molecular weight excluding hydrogens is 178 g/mol. The zero-order valence-electron chi connectivity index (χ0n) is 7.01. The summed E-state index contributed by atoms with van der Waals surface area (Å²) in [5.41, 5.74) is -0.662. The Balaban J connectivity index is 3.14. The van der Waals surface area contributed by atoms with Gasteiger partial charge in [-0.25, -0.2) is 4.79 Å². The molecule has 0 aromatic heterocycles. The first-order chi connectivity index (χ1) is 6.00. The molecule has 0 bridgehead atoms. The predicted molar refractivity (Wildman–Crippen MR) is 40.2 cm³/mol. The van der Waals surface area contributed by atoms with Gasteiger partial charge in [-0.2, -0.15) is 0 Å². The third-order valence-corrected chi connectivity index (χ3v) is 1.69. The molecule has 0 saturated carbocycles. The van der Waals surface area contributed by atoms with E-state index in [-0.39, 0.29) is 0 Å². The summed E-state index contributed by atoms with van der Waals surface area (Å²) in [6.45, 7) is 0. The lowest BCUT2D eigenvalue weighted by atomic mass is 10.2. The van der Waals surface area contributed by atoms with Gasteiger partial charge in [0.2, 0.25) is 5.71 Å². The van der Waals surface area contributed by atoms with Gasteiger partial charge in [0.15, 0.2) is 0 Å². The highest BCUT2D eigenvalue weighted by Gasteiger charge is 2.39. The fourth-order valence-corrected chi connectivity index (χ4v) is 0.893. The van der Waals surface area contributed by atoms with E-state index in [1.54, 1.807) is 0 Å². The lowest BCUT2D eigenvalue weighted by Gasteiger charge is -2.26. The van der Waals surface area contributed by atoms with E-state index in [2.05, 4.69) is 5.16 Å². The number of urea groups is 1. The van der Waals surface area contributed by atoms with E-state index in [1.807, 2.05) is 0 Å². The molecule has 1 aliphatic rings. The van der Waals surface area contributed by atoms with Crippen LogP contribution in [0.2, 0.25) is 0 Å². The van der Waals surface area contributed by atoms with Gasteiger partial charge in [0.1, 0.15) is 0 Å². The third kappa shape index (κ3) is 1.13. The second kappa shape index (κ2) is 2.85. The number of carbonyl (C=O) groups excluding carboxylic acids is 3. The molecule has 13 heavy (non-hydrogen) atoms. The summed E-state index contributed by atoms with van der Waals surface area (Å²) in [5, 5.41) is 10.9. The van der Waals surface area contributed by atoms with Crippen molar-refractivity contribution in [1.29, 1.82) is 0 Å². The maximum Gasteiger partial charge on any atom is 0.333 e. The van der Waals surface area contributed by atoms with Gasteiger partial charge in [-0.3, -0.25) is 19.4 Å². The summed E-state index contributed by atoms with van der Waals surface area (Å²) in [4.78, 5) is 34.6. The van der Waals surface area contributed by atoms with Crippen molar-refractivity contribution in [3.8, 4) is 0 Å². The third-order valence-electron chi connectivity index (χ3n) is 1.69. The van der Waals surface area contributed by atoms with Crippen LogP contribution >= 0.6 is 0 Å². The number of amides is 4. The Bertz CT molecular complexity index is 296. The van der Waals surface area contributed by atoms with Crippen LogP contribution in [-0.4, -0.2) is 52.7 Å². The van der Waals surface area contributed by atoms with Gasteiger partial charge in [-0.15, -0.1) is 0 Å². The van der Waals surface area contributed by atoms with Crippen molar-refractivity contribution in [2.24, 2.45) is 5.16 Å². The highest BCUT2D eigenvalue weighted by molar-refractivity contribution is 6.68. The van der Waals surface area contributed by atoms with E-state index in [1.165, 1.54) is 14.1 Å². The van der Waals surface area contributed by atoms with E-state index in [4.69, 9.17) is 5.21 Å². The van der Waals surface area contributed by atoms with Crippen molar-refractivity contribution in [2.75, 3.05) is 14.1 Å². The minimum Gasteiger partial charge on any atom is -0.410 e. The number of oxime groups is 1. The van der Waals surface area contributed by atoms with Crippen LogP contribution in [0.25, 0.3) is 0 Å². The maximum absolute atomic E-state index is 11.1. The molecule has 0 aromatic carbocycles. The second-order valence-electron chi connectivity index (χ2n) is 2.46. The van der Waals surface area contributed by atoms with Crippen molar-refractivity contribution < 1.29 is 19.6 Å². The number of rotatable bonds is 0. The number of hydrogen-bond donors (Lipinski definition) is 1. The molecule has 70 valence electrons. The van der Waals surface area contributed by atoms with Crippen molar-refractivity contribution in [3.05, 3.63) is 0 Å². The Morgan fingerprint density at radius 1 is 1.08 bits per heavy atom. The van der Waals surface area contributed by atoms with Crippen molar-refractivity contribution in [3.63, 3.8) is 0 Å². The molecule has 0 spiro atoms. The van der Waals surface area contributed by atoms with Crippen LogP contribution in [0.4, 0.5) is 4.79 Å². The smallest absolute Gasteiger partial charge is 0.333 e. The Labute approximate surface area is 73.2 Å². The highest BCUT2D eigenvalue weighted by Crippen LogP contribution is 2.05. The topological polar surface area (TPSA) is 90.3 Å². The predicted octanol–water partition coefficient (Wildman–Crippen LogP) is -1.13. The minimum atomic E-state index is -0.907. The first kappa shape index (κ1) is 9.17. The Hall–Kier alpha value is -1.92. The SMILES string of the molecule is CN1C(=O)C(=NO)C(=O)N(C)C1=O. The van der Waals surface area contributed by atoms with Gasteiger partial charge in [-0.1, -0.05) is 5.16 Å². The molecule has 1 N–H and O–H groups in total. The van der Waals surface area contributed by atoms with Crippen LogP contribution in [0, 0.1) is 0 Å². The van der Waals surface area contributed by atoms with Gasteiger partial charge in [0.05, 0.1) is 0 Å². The molecule has 1 rings (SSSR count). The van der Waals surface area contributed by atoms with Crippen LogP contribution in [0.5, 0.6) is 0 Å². The summed E-state index contributed by atoms with van der Waals surface area (Å²) in [5.74, 6) is -1.81. The average Bonchev–Trinajstić information content (AvgIpc) is 2.13. The molecule has 0 aromatic rings. The second-order valence-corrected chi connectivity index (χ2v) is 2.46. The molecule has 0 atom stereocenters.